The fourth-order valence-electron chi connectivity index (χ4n) is 1.69. The number of hydrogen-bond acceptors (Lipinski definition) is 4. The third kappa shape index (κ3) is 3.88. The highest BCUT2D eigenvalue weighted by atomic mass is 16.5. The van der Waals surface area contributed by atoms with Gasteiger partial charge < -0.3 is 14.8 Å². The Morgan fingerprint density at radius 3 is 2.58 bits per heavy atom. The van der Waals surface area contributed by atoms with Crippen molar-refractivity contribution in [1.82, 2.24) is 0 Å². The van der Waals surface area contributed by atoms with Gasteiger partial charge in [0.2, 0.25) is 5.91 Å². The van der Waals surface area contributed by atoms with Crippen LogP contribution in [0.25, 0.3) is 0 Å². The first kappa shape index (κ1) is 14.8. The molecule has 5 heteroatoms. The third-order valence-electron chi connectivity index (χ3n) is 2.70. The maximum absolute atomic E-state index is 11.9. The van der Waals surface area contributed by atoms with Crippen molar-refractivity contribution in [2.24, 2.45) is 5.92 Å². The van der Waals surface area contributed by atoms with Crippen LogP contribution in [0, 0.1) is 17.2 Å². The smallest absolute Gasteiger partial charge is 0.241 e. The topological polar surface area (TPSA) is 71.4 Å². The van der Waals surface area contributed by atoms with E-state index in [4.69, 9.17) is 14.7 Å². The van der Waals surface area contributed by atoms with Crippen LogP contribution in [0.1, 0.15) is 19.8 Å². The predicted molar refractivity (Wildman–Crippen MR) is 72.2 cm³/mol. The molecule has 19 heavy (non-hydrogen) atoms. The normalized spacial score (nSPS) is 11.3. The minimum atomic E-state index is -0.627. The van der Waals surface area contributed by atoms with Gasteiger partial charge in [0.25, 0.3) is 0 Å². The molecule has 0 saturated heterocycles. The van der Waals surface area contributed by atoms with E-state index in [0.717, 1.165) is 6.42 Å². The molecule has 1 amide bonds. The number of ether oxygens (including phenoxy) is 2. The van der Waals surface area contributed by atoms with E-state index in [9.17, 15) is 4.79 Å². The molecule has 0 aliphatic carbocycles. The van der Waals surface area contributed by atoms with Crippen LogP contribution in [-0.2, 0) is 4.79 Å². The van der Waals surface area contributed by atoms with E-state index in [1.165, 1.54) is 7.11 Å². The Labute approximate surface area is 113 Å². The Kier molecular flexibility index (Phi) is 5.68. The molecule has 0 fully saturated rings. The number of hydrogen-bond donors (Lipinski definition) is 1. The average molecular weight is 262 g/mol. The highest BCUT2D eigenvalue weighted by Gasteiger charge is 2.17. The van der Waals surface area contributed by atoms with Crippen LogP contribution in [0.4, 0.5) is 5.69 Å². The Balaban J connectivity index is 2.82. The molecule has 1 N–H and O–H groups in total. The SMILES string of the molecule is CCCC(C#N)C(=O)Nc1ccc(OC)c(OC)c1. The van der Waals surface area contributed by atoms with Gasteiger partial charge in [0.15, 0.2) is 11.5 Å². The van der Waals surface area contributed by atoms with Gasteiger partial charge in [0, 0.05) is 11.8 Å². The number of nitriles is 1. The molecule has 0 bridgehead atoms. The van der Waals surface area contributed by atoms with Gasteiger partial charge in [-0.15, -0.1) is 0 Å². The number of methoxy groups -OCH3 is 2. The first-order chi connectivity index (χ1) is 9.15. The van der Waals surface area contributed by atoms with Crippen molar-refractivity contribution in [2.75, 3.05) is 19.5 Å². The fourth-order valence-corrected chi connectivity index (χ4v) is 1.69. The first-order valence-corrected chi connectivity index (χ1v) is 6.08. The number of benzene rings is 1. The van der Waals surface area contributed by atoms with E-state index in [0.29, 0.717) is 23.6 Å². The molecule has 1 aromatic carbocycles. The number of anilines is 1. The van der Waals surface area contributed by atoms with Crippen molar-refractivity contribution < 1.29 is 14.3 Å². The average Bonchev–Trinajstić information content (AvgIpc) is 2.44. The quantitative estimate of drug-likeness (QED) is 0.855. The van der Waals surface area contributed by atoms with Crippen molar-refractivity contribution in [2.45, 2.75) is 19.8 Å². The molecule has 1 rings (SSSR count). The molecule has 0 radical (unpaired) electrons. The molecule has 0 heterocycles. The molecule has 0 aliphatic heterocycles. The second-order valence-corrected chi connectivity index (χ2v) is 4.03. The first-order valence-electron chi connectivity index (χ1n) is 6.08. The highest BCUT2D eigenvalue weighted by Crippen LogP contribution is 2.29. The Bertz CT molecular complexity index is 480. The Morgan fingerprint density at radius 1 is 1.37 bits per heavy atom. The summed E-state index contributed by atoms with van der Waals surface area (Å²) in [6.07, 6.45) is 1.34. The van der Waals surface area contributed by atoms with Crippen LogP contribution in [0.15, 0.2) is 18.2 Å². The summed E-state index contributed by atoms with van der Waals surface area (Å²) in [5.74, 6) is 0.199. The van der Waals surface area contributed by atoms with Crippen molar-refractivity contribution in [1.29, 1.82) is 5.26 Å². The minimum absolute atomic E-state index is 0.295. The van der Waals surface area contributed by atoms with Crippen LogP contribution in [0.3, 0.4) is 0 Å². The zero-order chi connectivity index (χ0) is 14.3. The lowest BCUT2D eigenvalue weighted by atomic mass is 10.0. The van der Waals surface area contributed by atoms with Crippen LogP contribution >= 0.6 is 0 Å². The number of nitrogens with one attached hydrogen (secondary N) is 1. The largest absolute Gasteiger partial charge is 0.493 e. The van der Waals surface area contributed by atoms with Gasteiger partial charge in [0.05, 0.1) is 20.3 Å². The summed E-state index contributed by atoms with van der Waals surface area (Å²) in [5.41, 5.74) is 0.582. The second-order valence-electron chi connectivity index (χ2n) is 4.03. The predicted octanol–water partition coefficient (Wildman–Crippen LogP) is 2.58. The zero-order valence-electron chi connectivity index (χ0n) is 11.4. The van der Waals surface area contributed by atoms with Gasteiger partial charge in [-0.25, -0.2) is 0 Å². The Hall–Kier alpha value is -2.22. The van der Waals surface area contributed by atoms with E-state index >= 15 is 0 Å². The van der Waals surface area contributed by atoms with Crippen LogP contribution < -0.4 is 14.8 Å². The molecule has 1 atom stereocenters. The molecule has 0 saturated carbocycles. The Morgan fingerprint density at radius 2 is 2.05 bits per heavy atom. The summed E-state index contributed by atoms with van der Waals surface area (Å²) in [4.78, 5) is 11.9. The summed E-state index contributed by atoms with van der Waals surface area (Å²) in [5, 5.41) is 11.6. The van der Waals surface area contributed by atoms with E-state index in [1.54, 1.807) is 25.3 Å². The van der Waals surface area contributed by atoms with Crippen molar-refractivity contribution in [3.8, 4) is 17.6 Å². The zero-order valence-corrected chi connectivity index (χ0v) is 11.4. The number of carbonyl (C=O) groups excluding carboxylic acids is 1. The molecule has 0 aliphatic rings. The summed E-state index contributed by atoms with van der Waals surface area (Å²) in [6.45, 7) is 1.94. The van der Waals surface area contributed by atoms with E-state index < -0.39 is 5.92 Å². The number of rotatable bonds is 6. The highest BCUT2D eigenvalue weighted by molar-refractivity contribution is 5.94. The lowest BCUT2D eigenvalue weighted by Crippen LogP contribution is -2.21. The van der Waals surface area contributed by atoms with Gasteiger partial charge in [-0.2, -0.15) is 5.26 Å². The van der Waals surface area contributed by atoms with E-state index in [1.807, 2.05) is 13.0 Å². The molecule has 0 aromatic heterocycles. The maximum atomic E-state index is 11.9. The molecule has 102 valence electrons. The molecule has 1 aromatic rings. The molecular formula is C14H18N2O3. The van der Waals surface area contributed by atoms with Crippen LogP contribution in [-0.4, -0.2) is 20.1 Å². The molecule has 1 unspecified atom stereocenters. The number of nitrogens with zero attached hydrogens (tertiary/aromatic N) is 1. The van der Waals surface area contributed by atoms with Crippen LogP contribution in [0.2, 0.25) is 0 Å². The van der Waals surface area contributed by atoms with Gasteiger partial charge >= 0.3 is 0 Å². The van der Waals surface area contributed by atoms with E-state index in [2.05, 4.69) is 5.32 Å². The molecule has 5 nitrogen and oxygen atoms in total. The standard InChI is InChI=1S/C14H18N2O3/c1-4-5-10(9-15)14(17)16-11-6-7-12(18-2)13(8-11)19-3/h6-8,10H,4-5H2,1-3H3,(H,16,17). The summed E-state index contributed by atoms with van der Waals surface area (Å²) in [6, 6.07) is 7.08. The van der Waals surface area contributed by atoms with E-state index in [-0.39, 0.29) is 5.91 Å². The maximum Gasteiger partial charge on any atom is 0.241 e. The lowest BCUT2D eigenvalue weighted by Gasteiger charge is -2.12. The van der Waals surface area contributed by atoms with Gasteiger partial charge in [-0.3, -0.25) is 4.79 Å². The van der Waals surface area contributed by atoms with Crippen molar-refractivity contribution in [3.05, 3.63) is 18.2 Å². The number of carbonyl (C=O) groups is 1. The lowest BCUT2D eigenvalue weighted by molar-refractivity contribution is -0.118. The second kappa shape index (κ2) is 7.27. The van der Waals surface area contributed by atoms with Gasteiger partial charge in [-0.1, -0.05) is 13.3 Å². The van der Waals surface area contributed by atoms with Gasteiger partial charge in [-0.05, 0) is 18.6 Å². The van der Waals surface area contributed by atoms with Crippen molar-refractivity contribution >= 4 is 11.6 Å². The summed E-state index contributed by atoms with van der Waals surface area (Å²) in [7, 11) is 3.07. The monoisotopic (exact) mass is 262 g/mol. The van der Waals surface area contributed by atoms with Crippen molar-refractivity contribution in [3.63, 3.8) is 0 Å². The molecule has 0 spiro atoms. The summed E-state index contributed by atoms with van der Waals surface area (Å²) < 4.78 is 10.3. The van der Waals surface area contributed by atoms with Crippen LogP contribution in [0.5, 0.6) is 11.5 Å². The van der Waals surface area contributed by atoms with Gasteiger partial charge in [0.1, 0.15) is 5.92 Å². The minimum Gasteiger partial charge on any atom is -0.493 e. The number of amides is 1. The fraction of sp³-hybridized carbons (Fsp3) is 0.429. The summed E-state index contributed by atoms with van der Waals surface area (Å²) >= 11 is 0. The third-order valence-corrected chi connectivity index (χ3v) is 2.70. The molecular weight excluding hydrogens is 244 g/mol.